The van der Waals surface area contributed by atoms with E-state index in [4.69, 9.17) is 0 Å². The first-order chi connectivity index (χ1) is 20.2. The predicted molar refractivity (Wildman–Crippen MR) is 187 cm³/mol. The van der Waals surface area contributed by atoms with Crippen LogP contribution in [0, 0.1) is 34.6 Å². The molecular weight excluding hydrogens is 507 g/mol. The molecule has 0 aliphatic rings. The minimum Gasteiger partial charge on any atom is -0.507 e. The van der Waals surface area contributed by atoms with Gasteiger partial charge < -0.3 is 5.11 Å². The predicted octanol–water partition coefficient (Wildman–Crippen LogP) is 7.09. The Balaban J connectivity index is 2.15. The maximum absolute atomic E-state index is 10.9. The van der Waals surface area contributed by atoms with Crippen molar-refractivity contribution in [1.82, 2.24) is 0 Å². The molecule has 4 aromatic rings. The highest BCUT2D eigenvalue weighted by Gasteiger charge is 2.18. The van der Waals surface area contributed by atoms with Gasteiger partial charge in [-0.2, -0.15) is 0 Å². The summed E-state index contributed by atoms with van der Waals surface area (Å²) in [5, 5.41) is 13.3. The largest absolute Gasteiger partial charge is 0.507 e. The van der Waals surface area contributed by atoms with E-state index < -0.39 is 0 Å². The molecule has 0 heterocycles. The van der Waals surface area contributed by atoms with Gasteiger partial charge in [0.15, 0.2) is 0 Å². The van der Waals surface area contributed by atoms with E-state index in [1.807, 2.05) is 26.8 Å². The summed E-state index contributed by atoms with van der Waals surface area (Å²) < 4.78 is 0. The van der Waals surface area contributed by atoms with Gasteiger partial charge in [-0.05, 0) is 139 Å². The minimum atomic E-state index is 0.401. The van der Waals surface area contributed by atoms with E-state index in [2.05, 4.69) is 133 Å². The van der Waals surface area contributed by atoms with Gasteiger partial charge in [0.1, 0.15) is 13.6 Å². The summed E-state index contributed by atoms with van der Waals surface area (Å²) in [6.45, 7) is 14.7. The zero-order valence-corrected chi connectivity index (χ0v) is 26.5. The van der Waals surface area contributed by atoms with Crippen molar-refractivity contribution >= 4 is 37.1 Å². The molecule has 0 saturated heterocycles. The highest BCUT2D eigenvalue weighted by molar-refractivity contribution is 6.36. The number of allylic oxidation sites excluding steroid dienone is 4. The minimum absolute atomic E-state index is 0.401. The van der Waals surface area contributed by atoms with Gasteiger partial charge in [0.2, 0.25) is 0 Å². The van der Waals surface area contributed by atoms with Crippen molar-refractivity contribution in [3.8, 4) is 5.75 Å². The van der Waals surface area contributed by atoms with E-state index in [-0.39, 0.29) is 0 Å². The molecule has 0 bridgehead atoms. The second-order valence-electron chi connectivity index (χ2n) is 11.3. The van der Waals surface area contributed by atoms with Crippen molar-refractivity contribution in [2.24, 2.45) is 0 Å². The molecule has 0 aliphatic heterocycles. The second-order valence-corrected chi connectivity index (χ2v) is 11.3. The second kappa shape index (κ2) is 13.6. The van der Waals surface area contributed by atoms with Gasteiger partial charge in [0.25, 0.3) is 0 Å². The number of hydrogen-bond acceptors (Lipinski definition) is 1. The first-order valence-corrected chi connectivity index (χ1v) is 14.9. The molecule has 0 saturated carbocycles. The third-order valence-corrected chi connectivity index (χ3v) is 8.48. The number of phenolic OH excluding ortho intramolecular Hbond substituents is 1. The molecule has 0 unspecified atom stereocenters. The molecular formula is C40H43BO. The van der Waals surface area contributed by atoms with E-state index in [9.17, 15) is 5.11 Å². The molecule has 212 valence electrons. The van der Waals surface area contributed by atoms with E-state index >= 15 is 0 Å². The van der Waals surface area contributed by atoms with Crippen molar-refractivity contribution < 1.29 is 5.11 Å². The number of phenols is 1. The topological polar surface area (TPSA) is 20.2 Å². The Morgan fingerprint density at radius 1 is 0.762 bits per heavy atom. The third-order valence-electron chi connectivity index (χ3n) is 8.48. The quantitative estimate of drug-likeness (QED) is 0.193. The maximum atomic E-state index is 10.9. The normalized spacial score (nSPS) is 13.2. The molecule has 0 radical (unpaired) electrons. The molecule has 0 atom stereocenters. The summed E-state index contributed by atoms with van der Waals surface area (Å²) in [7, 11) is 2.15. The SMILES string of the molecule is Bc1c(C)c(O)c(C)c(C)c1/C(Cc1ccccc1C)=c1\cccc\c1=C/c1cc(/C=C\C=C/C)cc(C)c1/C=C\C. The molecule has 1 nitrogen and oxygen atoms in total. The number of rotatable bonds is 7. The van der Waals surface area contributed by atoms with Gasteiger partial charge in [0.05, 0.1) is 0 Å². The van der Waals surface area contributed by atoms with Crippen LogP contribution in [-0.2, 0) is 6.42 Å². The molecule has 42 heavy (non-hydrogen) atoms. The smallest absolute Gasteiger partial charge is 0.140 e. The molecule has 1 N–H and O–H groups in total. The van der Waals surface area contributed by atoms with Gasteiger partial charge in [0, 0.05) is 0 Å². The van der Waals surface area contributed by atoms with Crippen molar-refractivity contribution in [2.45, 2.75) is 54.9 Å². The molecule has 4 rings (SSSR count). The Bertz CT molecular complexity index is 1800. The molecule has 2 heteroatoms. The Morgan fingerprint density at radius 3 is 2.19 bits per heavy atom. The maximum Gasteiger partial charge on any atom is 0.140 e. The Labute approximate surface area is 253 Å². The zero-order valence-electron chi connectivity index (χ0n) is 26.5. The lowest BCUT2D eigenvalue weighted by Crippen LogP contribution is -2.31. The summed E-state index contributed by atoms with van der Waals surface area (Å²) in [5.74, 6) is 0.401. The first kappa shape index (κ1) is 30.7. The summed E-state index contributed by atoms with van der Waals surface area (Å²) in [6, 6.07) is 22.0. The van der Waals surface area contributed by atoms with Crippen LogP contribution in [0.1, 0.15) is 69.5 Å². The van der Waals surface area contributed by atoms with E-state index in [1.165, 1.54) is 55.0 Å². The first-order valence-electron chi connectivity index (χ1n) is 14.9. The molecule has 4 aromatic carbocycles. The number of aryl methyl sites for hydroxylation is 2. The Hall–Kier alpha value is -4.30. The third kappa shape index (κ3) is 6.44. The molecule has 0 aliphatic carbocycles. The standard InChI is InChI=1S/C40H43BO/c1-8-10-11-18-31-22-27(4)35(16-9-2)34(23-31)24-33-20-14-15-21-36(33)37(25-32-19-13-12-17-26(32)3)38-28(5)29(6)40(42)30(7)39(38)41/h8-24,42H,25,41H2,1-7H3/b10-8-,16-9-,18-11-,33-24+,37-36+. The molecule has 0 aromatic heterocycles. The number of benzene rings is 4. The van der Waals surface area contributed by atoms with Crippen LogP contribution in [0.15, 0.2) is 85.0 Å². The lowest BCUT2D eigenvalue weighted by Gasteiger charge is -2.21. The summed E-state index contributed by atoms with van der Waals surface area (Å²) in [6.07, 6.45) is 15.8. The van der Waals surface area contributed by atoms with Crippen LogP contribution in [0.3, 0.4) is 0 Å². The molecule has 0 fully saturated rings. The van der Waals surface area contributed by atoms with Crippen LogP contribution in [0.5, 0.6) is 5.75 Å². The van der Waals surface area contributed by atoms with Gasteiger partial charge >= 0.3 is 0 Å². The average Bonchev–Trinajstić information content (AvgIpc) is 2.98. The van der Waals surface area contributed by atoms with Gasteiger partial charge in [-0.1, -0.05) is 96.5 Å². The van der Waals surface area contributed by atoms with E-state index in [0.717, 1.165) is 28.6 Å². The Kier molecular flexibility index (Phi) is 9.91. The Morgan fingerprint density at radius 2 is 1.48 bits per heavy atom. The molecule has 0 spiro atoms. The van der Waals surface area contributed by atoms with Crippen LogP contribution in [0.2, 0.25) is 0 Å². The van der Waals surface area contributed by atoms with Crippen LogP contribution in [-0.4, -0.2) is 13.0 Å². The highest BCUT2D eigenvalue weighted by Crippen LogP contribution is 2.30. The fraction of sp³-hybridized carbons (Fsp3) is 0.200. The van der Waals surface area contributed by atoms with Gasteiger partial charge in [-0.25, -0.2) is 0 Å². The van der Waals surface area contributed by atoms with Crippen LogP contribution in [0.25, 0.3) is 23.8 Å². The fourth-order valence-corrected chi connectivity index (χ4v) is 5.87. The lowest BCUT2D eigenvalue weighted by molar-refractivity contribution is 0.467. The van der Waals surface area contributed by atoms with Crippen molar-refractivity contribution in [3.63, 3.8) is 0 Å². The lowest BCUT2D eigenvalue weighted by atomic mass is 9.76. The van der Waals surface area contributed by atoms with Crippen LogP contribution < -0.4 is 15.9 Å². The van der Waals surface area contributed by atoms with Gasteiger partial charge in [-0.15, -0.1) is 0 Å². The summed E-state index contributed by atoms with van der Waals surface area (Å²) >= 11 is 0. The van der Waals surface area contributed by atoms with Gasteiger partial charge in [-0.3, -0.25) is 0 Å². The van der Waals surface area contributed by atoms with Crippen LogP contribution >= 0.6 is 0 Å². The van der Waals surface area contributed by atoms with Crippen molar-refractivity contribution in [2.75, 3.05) is 0 Å². The monoisotopic (exact) mass is 550 g/mol. The molecule has 0 amide bonds. The highest BCUT2D eigenvalue weighted by atomic mass is 16.3. The van der Waals surface area contributed by atoms with Crippen molar-refractivity contribution in [3.05, 3.63) is 151 Å². The number of aromatic hydroxyl groups is 1. The fourth-order valence-electron chi connectivity index (χ4n) is 5.87. The summed E-state index contributed by atoms with van der Waals surface area (Å²) in [5.41, 5.74) is 14.1. The number of hydrogen-bond donors (Lipinski definition) is 1. The van der Waals surface area contributed by atoms with E-state index in [0.29, 0.717) is 5.75 Å². The van der Waals surface area contributed by atoms with Crippen LogP contribution in [0.4, 0.5) is 0 Å². The van der Waals surface area contributed by atoms with E-state index in [1.54, 1.807) is 0 Å². The average molecular weight is 551 g/mol. The summed E-state index contributed by atoms with van der Waals surface area (Å²) in [4.78, 5) is 0. The van der Waals surface area contributed by atoms with Crippen molar-refractivity contribution in [1.29, 1.82) is 0 Å². The zero-order chi connectivity index (χ0) is 30.4.